The van der Waals surface area contributed by atoms with Crippen molar-refractivity contribution in [2.75, 3.05) is 64.5 Å². The molecule has 3 heterocycles. The van der Waals surface area contributed by atoms with Crippen molar-refractivity contribution < 1.29 is 23.9 Å². The minimum Gasteiger partial charge on any atom is -0.465 e. The summed E-state index contributed by atoms with van der Waals surface area (Å²) in [7, 11) is 1.25. The lowest BCUT2D eigenvalue weighted by atomic mass is 10.2. The Hall–Kier alpha value is -3.44. The normalized spacial score (nSPS) is 16.4. The van der Waals surface area contributed by atoms with Crippen LogP contribution in [0.4, 0.5) is 5.69 Å². The summed E-state index contributed by atoms with van der Waals surface area (Å²) in [5.74, 6) is -1.67. The molecule has 2 aromatic rings. The number of amides is 2. The van der Waals surface area contributed by atoms with E-state index in [-0.39, 0.29) is 16.3 Å². The van der Waals surface area contributed by atoms with Crippen molar-refractivity contribution >= 4 is 35.1 Å². The number of esters is 1. The summed E-state index contributed by atoms with van der Waals surface area (Å²) >= 11 is 6.41. The highest BCUT2D eigenvalue weighted by Gasteiger charge is 2.31. The van der Waals surface area contributed by atoms with E-state index in [4.69, 9.17) is 21.1 Å². The third-order valence-corrected chi connectivity index (χ3v) is 6.18. The van der Waals surface area contributed by atoms with Gasteiger partial charge in [-0.2, -0.15) is 9.78 Å². The van der Waals surface area contributed by atoms with Gasteiger partial charge in [0.1, 0.15) is 5.02 Å². The van der Waals surface area contributed by atoms with E-state index in [0.717, 1.165) is 4.68 Å². The molecule has 2 aliphatic rings. The fourth-order valence-electron chi connectivity index (χ4n) is 3.94. The van der Waals surface area contributed by atoms with Crippen molar-refractivity contribution in [3.05, 3.63) is 51.4 Å². The first-order valence-electron chi connectivity index (χ1n) is 10.8. The molecule has 2 fully saturated rings. The van der Waals surface area contributed by atoms with Crippen LogP contribution in [0.5, 0.6) is 0 Å². The number of halogens is 1. The van der Waals surface area contributed by atoms with Crippen molar-refractivity contribution in [1.29, 1.82) is 0 Å². The Labute approximate surface area is 200 Å². The predicted molar refractivity (Wildman–Crippen MR) is 122 cm³/mol. The van der Waals surface area contributed by atoms with E-state index in [9.17, 15) is 19.2 Å². The largest absolute Gasteiger partial charge is 0.465 e. The van der Waals surface area contributed by atoms with Crippen LogP contribution < -0.4 is 10.5 Å². The van der Waals surface area contributed by atoms with Crippen LogP contribution in [0.25, 0.3) is 5.69 Å². The maximum absolute atomic E-state index is 13.0. The van der Waals surface area contributed by atoms with Gasteiger partial charge in [-0.05, 0) is 12.1 Å². The molecule has 1 aromatic carbocycles. The van der Waals surface area contributed by atoms with Crippen LogP contribution in [0.2, 0.25) is 5.02 Å². The van der Waals surface area contributed by atoms with Crippen LogP contribution in [-0.4, -0.2) is 97.0 Å². The first-order valence-corrected chi connectivity index (χ1v) is 11.2. The smallest absolute Gasteiger partial charge is 0.340 e. The van der Waals surface area contributed by atoms with Gasteiger partial charge in [0.25, 0.3) is 5.56 Å². The van der Waals surface area contributed by atoms with E-state index in [1.54, 1.807) is 18.2 Å². The summed E-state index contributed by atoms with van der Waals surface area (Å²) < 4.78 is 11.1. The van der Waals surface area contributed by atoms with Gasteiger partial charge in [-0.1, -0.05) is 23.7 Å². The molecule has 0 spiro atoms. The molecule has 0 N–H and O–H groups in total. The van der Waals surface area contributed by atoms with Crippen LogP contribution in [0.1, 0.15) is 10.4 Å². The zero-order valence-electron chi connectivity index (χ0n) is 18.6. The average molecular weight is 490 g/mol. The lowest BCUT2D eigenvalue weighted by molar-refractivity contribution is -0.154. The molecule has 11 nitrogen and oxygen atoms in total. The number of morpholine rings is 1. The van der Waals surface area contributed by atoms with Gasteiger partial charge in [-0.25, -0.2) is 4.79 Å². The first-order chi connectivity index (χ1) is 16.4. The Bertz CT molecular complexity index is 1150. The molecule has 1 aromatic heterocycles. The van der Waals surface area contributed by atoms with Crippen LogP contribution >= 0.6 is 11.6 Å². The molecule has 0 atom stereocenters. The molecule has 34 heavy (non-hydrogen) atoms. The summed E-state index contributed by atoms with van der Waals surface area (Å²) in [6.45, 7) is 3.03. The highest BCUT2D eigenvalue weighted by atomic mass is 35.5. The molecule has 0 radical (unpaired) electrons. The summed E-state index contributed by atoms with van der Waals surface area (Å²) in [6.07, 6.45) is 1.45. The van der Waals surface area contributed by atoms with Crippen LogP contribution in [0, 0.1) is 0 Å². The van der Waals surface area contributed by atoms with E-state index in [2.05, 4.69) is 5.10 Å². The topological polar surface area (TPSA) is 114 Å². The molecule has 12 heteroatoms. The number of hydrogen-bond acceptors (Lipinski definition) is 8. The first kappa shape index (κ1) is 23.7. The highest BCUT2D eigenvalue weighted by molar-refractivity contribution is 6.35. The minimum atomic E-state index is -0.600. The Balaban J connectivity index is 1.48. The van der Waals surface area contributed by atoms with Crippen molar-refractivity contribution in [3.8, 4) is 5.69 Å². The van der Waals surface area contributed by atoms with Crippen molar-refractivity contribution in [3.63, 3.8) is 0 Å². The Morgan fingerprint density at radius 2 is 1.56 bits per heavy atom. The Morgan fingerprint density at radius 1 is 0.941 bits per heavy atom. The third kappa shape index (κ3) is 4.62. The number of piperazine rings is 1. The monoisotopic (exact) mass is 489 g/mol. The number of benzene rings is 1. The van der Waals surface area contributed by atoms with Gasteiger partial charge >= 0.3 is 17.8 Å². The molecule has 0 bridgehead atoms. The lowest BCUT2D eigenvalue weighted by Gasteiger charge is -2.37. The molecular weight excluding hydrogens is 466 g/mol. The number of rotatable bonds is 3. The highest BCUT2D eigenvalue weighted by Crippen LogP contribution is 2.24. The van der Waals surface area contributed by atoms with Gasteiger partial charge in [0.2, 0.25) is 0 Å². The van der Waals surface area contributed by atoms with Gasteiger partial charge in [-0.15, -0.1) is 0 Å². The van der Waals surface area contributed by atoms with Crippen molar-refractivity contribution in [2.24, 2.45) is 0 Å². The molecule has 2 amide bonds. The number of para-hydroxylation sites is 1. The van der Waals surface area contributed by atoms with Crippen LogP contribution in [0.3, 0.4) is 0 Å². The SMILES string of the molecule is COC(=O)c1ccccc1-n1ncc(N2CCN(C(=O)C(=O)N3CCOCC3)CC2)c(Cl)c1=O. The molecule has 2 aliphatic heterocycles. The van der Waals surface area contributed by atoms with E-state index in [1.807, 2.05) is 4.90 Å². The van der Waals surface area contributed by atoms with E-state index < -0.39 is 23.3 Å². The molecule has 0 saturated carbocycles. The zero-order valence-corrected chi connectivity index (χ0v) is 19.4. The van der Waals surface area contributed by atoms with E-state index in [1.165, 1.54) is 29.2 Å². The number of carbonyl (C=O) groups excluding carboxylic acids is 3. The molecule has 0 aliphatic carbocycles. The minimum absolute atomic E-state index is 0.0566. The number of aromatic nitrogens is 2. The number of nitrogens with zero attached hydrogens (tertiary/aromatic N) is 5. The molecule has 4 rings (SSSR count). The molecule has 2 saturated heterocycles. The number of hydrogen-bond donors (Lipinski definition) is 0. The lowest BCUT2D eigenvalue weighted by Crippen LogP contribution is -2.55. The fraction of sp³-hybridized carbons (Fsp3) is 0.409. The number of methoxy groups -OCH3 is 1. The van der Waals surface area contributed by atoms with Crippen molar-refractivity contribution in [2.45, 2.75) is 0 Å². The zero-order chi connectivity index (χ0) is 24.2. The van der Waals surface area contributed by atoms with Gasteiger partial charge in [0.15, 0.2) is 0 Å². The second kappa shape index (κ2) is 10.2. The fourth-order valence-corrected chi connectivity index (χ4v) is 4.19. The molecule has 180 valence electrons. The summed E-state index contributed by atoms with van der Waals surface area (Å²) in [4.78, 5) is 55.0. The quantitative estimate of drug-likeness (QED) is 0.443. The maximum atomic E-state index is 13.0. The summed E-state index contributed by atoms with van der Waals surface area (Å²) in [5.41, 5.74) is 0.270. The van der Waals surface area contributed by atoms with E-state index >= 15 is 0 Å². The average Bonchev–Trinajstić information content (AvgIpc) is 2.89. The molecular formula is C22H24ClN5O6. The maximum Gasteiger partial charge on any atom is 0.340 e. The Kier molecular flexibility index (Phi) is 7.13. The number of ether oxygens (including phenoxy) is 2. The predicted octanol–water partition coefficient (Wildman–Crippen LogP) is 0.180. The van der Waals surface area contributed by atoms with E-state index in [0.29, 0.717) is 58.2 Å². The van der Waals surface area contributed by atoms with Gasteiger partial charge in [-0.3, -0.25) is 14.4 Å². The van der Waals surface area contributed by atoms with Crippen molar-refractivity contribution in [1.82, 2.24) is 19.6 Å². The third-order valence-electron chi connectivity index (χ3n) is 5.83. The standard InChI is InChI=1S/C22H24ClN5O6/c1-33-22(32)15-4-2-3-5-16(15)28-19(29)18(23)17(14-24-28)25-6-8-26(9-7-25)20(30)21(31)27-10-12-34-13-11-27/h2-5,14H,6-13H2,1H3. The number of carbonyl (C=O) groups is 3. The van der Waals surface area contributed by atoms with Gasteiger partial charge in [0.05, 0.1) is 43.5 Å². The van der Waals surface area contributed by atoms with Crippen LogP contribution in [0.15, 0.2) is 35.3 Å². The van der Waals surface area contributed by atoms with Gasteiger partial charge < -0.3 is 24.2 Å². The Morgan fingerprint density at radius 3 is 2.21 bits per heavy atom. The summed E-state index contributed by atoms with van der Waals surface area (Å²) in [5, 5.41) is 4.17. The second-order valence-electron chi connectivity index (χ2n) is 7.75. The summed E-state index contributed by atoms with van der Waals surface area (Å²) in [6, 6.07) is 6.44. The second-order valence-corrected chi connectivity index (χ2v) is 8.13. The molecule has 0 unspecified atom stereocenters. The van der Waals surface area contributed by atoms with Crippen LogP contribution in [-0.2, 0) is 19.1 Å². The number of anilines is 1. The van der Waals surface area contributed by atoms with Gasteiger partial charge in [0, 0.05) is 39.3 Å².